The molecule has 0 saturated carbocycles. The fourth-order valence-electron chi connectivity index (χ4n) is 0.725. The van der Waals surface area contributed by atoms with Crippen molar-refractivity contribution in [3.05, 3.63) is 35.4 Å². The van der Waals surface area contributed by atoms with E-state index in [9.17, 15) is 4.79 Å². The second-order valence-corrected chi connectivity index (χ2v) is 3.35. The summed E-state index contributed by atoms with van der Waals surface area (Å²) in [6.07, 6.45) is 0. The van der Waals surface area contributed by atoms with Crippen molar-refractivity contribution < 1.29 is 4.79 Å². The van der Waals surface area contributed by atoms with Gasteiger partial charge >= 0.3 is 0 Å². The van der Waals surface area contributed by atoms with Crippen LogP contribution in [0.25, 0.3) is 0 Å². The van der Waals surface area contributed by atoms with Gasteiger partial charge in [0, 0.05) is 34.0 Å². The van der Waals surface area contributed by atoms with Crippen molar-refractivity contribution in [3.8, 4) is 0 Å². The molecule has 1 aromatic carbocycles. The standard InChI is InChI=1S/C8H6ClIO/c9-5-6-1-3-7(4-2-6)8(10)11/h1-4H,5H2. The Morgan fingerprint density at radius 2 is 1.91 bits per heavy atom. The fraction of sp³-hybridized carbons (Fsp3) is 0.125. The molecule has 0 atom stereocenters. The highest BCUT2D eigenvalue weighted by Gasteiger charge is 1.98. The Balaban J connectivity index is 2.91. The smallest absolute Gasteiger partial charge is 0.222 e. The average molecular weight is 280 g/mol. The van der Waals surface area contributed by atoms with Gasteiger partial charge in [-0.2, -0.15) is 0 Å². The predicted octanol–water partition coefficient (Wildman–Crippen LogP) is 3.00. The number of alkyl halides is 1. The van der Waals surface area contributed by atoms with Gasteiger partial charge in [-0.25, -0.2) is 0 Å². The van der Waals surface area contributed by atoms with Gasteiger partial charge in [-0.3, -0.25) is 4.79 Å². The van der Waals surface area contributed by atoms with Crippen LogP contribution in [-0.4, -0.2) is 3.79 Å². The Hall–Kier alpha value is -0.0900. The number of carbonyl (C=O) groups is 1. The molecule has 1 aromatic rings. The molecule has 0 aliphatic heterocycles. The van der Waals surface area contributed by atoms with Gasteiger partial charge in [-0.05, 0) is 5.56 Å². The Labute approximate surface area is 83.9 Å². The third-order valence-electron chi connectivity index (χ3n) is 1.34. The predicted molar refractivity (Wildman–Crippen MR) is 54.3 cm³/mol. The number of hydrogen-bond acceptors (Lipinski definition) is 1. The maximum atomic E-state index is 10.8. The van der Waals surface area contributed by atoms with Gasteiger partial charge in [0.05, 0.1) is 0 Å². The van der Waals surface area contributed by atoms with E-state index in [1.54, 1.807) is 34.7 Å². The first-order valence-electron chi connectivity index (χ1n) is 3.09. The average Bonchev–Trinajstić information content (AvgIpc) is 2.05. The Bertz CT molecular complexity index is 255. The normalized spacial score (nSPS) is 9.64. The highest BCUT2D eigenvalue weighted by molar-refractivity contribution is 14.1. The zero-order chi connectivity index (χ0) is 8.27. The van der Waals surface area contributed by atoms with Crippen LogP contribution in [0, 0.1) is 0 Å². The first-order valence-corrected chi connectivity index (χ1v) is 4.70. The van der Waals surface area contributed by atoms with Crippen molar-refractivity contribution in [3.63, 3.8) is 0 Å². The van der Waals surface area contributed by atoms with E-state index >= 15 is 0 Å². The van der Waals surface area contributed by atoms with Crippen LogP contribution >= 0.6 is 34.2 Å². The van der Waals surface area contributed by atoms with Crippen LogP contribution in [0.5, 0.6) is 0 Å². The molecule has 58 valence electrons. The maximum Gasteiger partial charge on any atom is 0.222 e. The van der Waals surface area contributed by atoms with Crippen molar-refractivity contribution in [2.45, 2.75) is 5.88 Å². The van der Waals surface area contributed by atoms with Gasteiger partial charge in [0.15, 0.2) is 0 Å². The van der Waals surface area contributed by atoms with E-state index in [0.717, 1.165) is 11.1 Å². The molecule has 0 aliphatic carbocycles. The lowest BCUT2D eigenvalue weighted by atomic mass is 10.2. The first-order chi connectivity index (χ1) is 5.24. The van der Waals surface area contributed by atoms with E-state index in [1.807, 2.05) is 12.1 Å². The third-order valence-corrected chi connectivity index (χ3v) is 2.27. The van der Waals surface area contributed by atoms with Crippen molar-refractivity contribution in [1.82, 2.24) is 0 Å². The van der Waals surface area contributed by atoms with Gasteiger partial charge < -0.3 is 0 Å². The zero-order valence-corrected chi connectivity index (χ0v) is 8.59. The molecule has 11 heavy (non-hydrogen) atoms. The van der Waals surface area contributed by atoms with Crippen molar-refractivity contribution in [1.29, 1.82) is 0 Å². The minimum atomic E-state index is 0.0590. The van der Waals surface area contributed by atoms with Crippen LogP contribution in [-0.2, 0) is 5.88 Å². The molecule has 0 aromatic heterocycles. The molecule has 1 rings (SSSR count). The van der Waals surface area contributed by atoms with Crippen molar-refractivity contribution >= 4 is 38.0 Å². The van der Waals surface area contributed by atoms with Gasteiger partial charge in [0.25, 0.3) is 0 Å². The number of carbonyl (C=O) groups excluding carboxylic acids is 1. The monoisotopic (exact) mass is 280 g/mol. The second kappa shape index (κ2) is 4.07. The molecule has 0 fully saturated rings. The van der Waals surface area contributed by atoms with Crippen LogP contribution in [0.1, 0.15) is 15.9 Å². The molecule has 0 saturated heterocycles. The number of hydrogen-bond donors (Lipinski definition) is 0. The summed E-state index contributed by atoms with van der Waals surface area (Å²) in [7, 11) is 0. The van der Waals surface area contributed by atoms with Gasteiger partial charge in [0.2, 0.25) is 3.79 Å². The SMILES string of the molecule is O=C(I)c1ccc(CCl)cc1. The van der Waals surface area contributed by atoms with Crippen LogP contribution in [0.2, 0.25) is 0 Å². The lowest BCUT2D eigenvalue weighted by molar-refractivity contribution is 0.110. The Kier molecular flexibility index (Phi) is 3.33. The van der Waals surface area contributed by atoms with E-state index < -0.39 is 0 Å². The number of halogens is 2. The molecule has 0 unspecified atom stereocenters. The molecule has 0 radical (unpaired) electrons. The molecule has 0 spiro atoms. The molecular formula is C8H6ClIO. The highest BCUT2D eigenvalue weighted by atomic mass is 127. The van der Waals surface area contributed by atoms with E-state index in [-0.39, 0.29) is 3.79 Å². The summed E-state index contributed by atoms with van der Waals surface area (Å²) in [6.45, 7) is 0. The number of rotatable bonds is 2. The zero-order valence-electron chi connectivity index (χ0n) is 5.68. The Morgan fingerprint density at radius 1 is 1.36 bits per heavy atom. The van der Waals surface area contributed by atoms with Gasteiger partial charge in [0.1, 0.15) is 0 Å². The molecule has 0 heterocycles. The number of benzene rings is 1. The minimum Gasteiger partial charge on any atom is -0.282 e. The molecular weight excluding hydrogens is 274 g/mol. The molecule has 0 bridgehead atoms. The molecule has 0 N–H and O–H groups in total. The van der Waals surface area contributed by atoms with Crippen molar-refractivity contribution in [2.75, 3.05) is 0 Å². The van der Waals surface area contributed by atoms with E-state index in [2.05, 4.69) is 0 Å². The summed E-state index contributed by atoms with van der Waals surface area (Å²) >= 11 is 7.33. The highest BCUT2D eigenvalue weighted by Crippen LogP contribution is 2.09. The maximum absolute atomic E-state index is 10.8. The summed E-state index contributed by atoms with van der Waals surface area (Å²) in [5.41, 5.74) is 1.76. The summed E-state index contributed by atoms with van der Waals surface area (Å²) in [6, 6.07) is 7.29. The van der Waals surface area contributed by atoms with E-state index in [4.69, 9.17) is 11.6 Å². The van der Waals surface area contributed by atoms with Gasteiger partial charge in [-0.1, -0.05) is 24.3 Å². The minimum absolute atomic E-state index is 0.0590. The lowest BCUT2D eigenvalue weighted by Crippen LogP contribution is -1.87. The molecule has 3 heteroatoms. The topological polar surface area (TPSA) is 17.1 Å². The van der Waals surface area contributed by atoms with Crippen LogP contribution < -0.4 is 0 Å². The lowest BCUT2D eigenvalue weighted by Gasteiger charge is -1.95. The van der Waals surface area contributed by atoms with E-state index in [0.29, 0.717) is 5.88 Å². The largest absolute Gasteiger partial charge is 0.282 e. The third kappa shape index (κ3) is 2.45. The quantitative estimate of drug-likeness (QED) is 0.462. The Morgan fingerprint density at radius 3 is 2.27 bits per heavy atom. The van der Waals surface area contributed by atoms with E-state index in [1.165, 1.54) is 0 Å². The summed E-state index contributed by atoms with van der Waals surface area (Å²) in [5, 5.41) is 0. The summed E-state index contributed by atoms with van der Waals surface area (Å²) in [4.78, 5) is 10.8. The summed E-state index contributed by atoms with van der Waals surface area (Å²) < 4.78 is 0.0590. The van der Waals surface area contributed by atoms with Crippen LogP contribution in [0.3, 0.4) is 0 Å². The van der Waals surface area contributed by atoms with Crippen molar-refractivity contribution in [2.24, 2.45) is 0 Å². The fourth-order valence-corrected chi connectivity index (χ4v) is 1.26. The second-order valence-electron chi connectivity index (χ2n) is 2.10. The first kappa shape index (κ1) is 9.00. The van der Waals surface area contributed by atoms with Crippen LogP contribution in [0.15, 0.2) is 24.3 Å². The molecule has 1 nitrogen and oxygen atoms in total. The van der Waals surface area contributed by atoms with Gasteiger partial charge in [-0.15, -0.1) is 11.6 Å². The molecule has 0 amide bonds. The molecule has 0 aliphatic rings. The van der Waals surface area contributed by atoms with Crippen LogP contribution in [0.4, 0.5) is 0 Å². The summed E-state index contributed by atoms with van der Waals surface area (Å²) in [5.74, 6) is 0.496.